The highest BCUT2D eigenvalue weighted by Crippen LogP contribution is 2.33. The normalized spacial score (nSPS) is 27.4. The fraction of sp³-hybridized carbons (Fsp3) is 0.708. The molecule has 33 heavy (non-hydrogen) atoms. The van der Waals surface area contributed by atoms with Crippen LogP contribution in [0.15, 0.2) is 11.5 Å². The molecule has 180 valence electrons. The Labute approximate surface area is 200 Å². The summed E-state index contributed by atoms with van der Waals surface area (Å²) in [5, 5.41) is 1.37. The molecule has 4 rings (SSSR count). The Bertz CT molecular complexity index is 868. The van der Waals surface area contributed by atoms with Crippen LogP contribution in [0, 0.1) is 11.8 Å². The van der Waals surface area contributed by atoms with E-state index >= 15 is 0 Å². The summed E-state index contributed by atoms with van der Waals surface area (Å²) < 4.78 is 1.49. The summed E-state index contributed by atoms with van der Waals surface area (Å²) in [5.74, 6) is 0.253. The van der Waals surface area contributed by atoms with Gasteiger partial charge in [0, 0.05) is 32.1 Å². The van der Waals surface area contributed by atoms with E-state index in [4.69, 9.17) is 0 Å². The molecule has 1 unspecified atom stereocenters. The number of thioether (sulfide) groups is 1. The molecule has 1 aliphatic carbocycles. The molecule has 0 spiro atoms. The number of likely N-dealkylation sites (N-methyl/N-ethyl adjacent to an activating group) is 1. The van der Waals surface area contributed by atoms with Gasteiger partial charge in [-0.3, -0.25) is 9.59 Å². The van der Waals surface area contributed by atoms with Crippen LogP contribution in [0.5, 0.6) is 0 Å². The third kappa shape index (κ3) is 4.88. The first kappa shape index (κ1) is 24.0. The molecule has 3 heterocycles. The highest BCUT2D eigenvalue weighted by atomic mass is 32.2. The number of hydrogen-bond donors (Lipinski definition) is 0. The maximum Gasteiger partial charge on any atom is 0.501 e. The van der Waals surface area contributed by atoms with Gasteiger partial charge in [-0.25, -0.2) is 4.79 Å². The number of nitrogens with zero attached hydrogens (tertiary/aromatic N) is 4. The number of rotatable bonds is 7. The Morgan fingerprint density at radius 1 is 1.09 bits per heavy atom. The van der Waals surface area contributed by atoms with Crippen LogP contribution in [-0.2, 0) is 14.4 Å². The molecule has 0 aromatic carbocycles. The molecule has 0 radical (unpaired) electrons. The lowest BCUT2D eigenvalue weighted by molar-refractivity contribution is -0.428. The second-order valence-electron chi connectivity index (χ2n) is 9.38. The molecule has 4 aliphatic rings. The van der Waals surface area contributed by atoms with Crippen LogP contribution in [0.2, 0.25) is 0 Å². The van der Waals surface area contributed by atoms with Gasteiger partial charge in [-0.15, -0.1) is 11.8 Å². The van der Waals surface area contributed by atoms with Crippen LogP contribution in [-0.4, -0.2) is 93.3 Å². The highest BCUT2D eigenvalue weighted by Gasteiger charge is 2.50. The van der Waals surface area contributed by atoms with Gasteiger partial charge >= 0.3 is 11.9 Å². The standard InChI is InChI=1S/C24H35N4O4S/c1-3-25(4-2)20(29)16-27-19-11-14-33-21(19)23(31)28(24(27)32)15-17-7-9-18(10-8-17)22(30)26-12-5-6-13-26/h11,14,17-18,21H,3-10,12-13,15-16H2,1-2H3/q+1. The topological polar surface area (TPSA) is 81.0 Å². The van der Waals surface area contributed by atoms with Crippen LogP contribution < -0.4 is 0 Å². The molecule has 0 aromatic heterocycles. The quantitative estimate of drug-likeness (QED) is 0.528. The Morgan fingerprint density at radius 2 is 1.76 bits per heavy atom. The van der Waals surface area contributed by atoms with Crippen molar-refractivity contribution in [3.63, 3.8) is 0 Å². The minimum atomic E-state index is -0.458. The van der Waals surface area contributed by atoms with Crippen molar-refractivity contribution < 1.29 is 23.8 Å². The maximum absolute atomic E-state index is 13.4. The number of allylic oxidation sites excluding steroid dienone is 1. The fourth-order valence-corrected chi connectivity index (χ4v) is 6.40. The summed E-state index contributed by atoms with van der Waals surface area (Å²) in [4.78, 5) is 57.1. The number of carbonyl (C=O) groups excluding carboxylic acids is 4. The van der Waals surface area contributed by atoms with Gasteiger partial charge in [0.25, 0.3) is 5.91 Å². The summed E-state index contributed by atoms with van der Waals surface area (Å²) >= 11 is 1.39. The first-order valence-electron chi connectivity index (χ1n) is 12.3. The third-order valence-electron chi connectivity index (χ3n) is 7.45. The SMILES string of the molecule is CCN(CC)C(=O)C[N+]1=C2C=CSC2C(=O)N(CC2CCC(C(=O)N3CCCC3)CC2)C1=O. The molecule has 1 saturated heterocycles. The van der Waals surface area contributed by atoms with Gasteiger partial charge in [0.15, 0.2) is 11.8 Å². The van der Waals surface area contributed by atoms with Crippen molar-refractivity contribution in [2.24, 2.45) is 11.8 Å². The number of imide groups is 1. The van der Waals surface area contributed by atoms with E-state index < -0.39 is 11.3 Å². The van der Waals surface area contributed by atoms with Crippen LogP contribution in [0.4, 0.5) is 4.79 Å². The van der Waals surface area contributed by atoms with Gasteiger partial charge in [0.1, 0.15) is 12.3 Å². The Kier molecular flexibility index (Phi) is 7.56. The molecule has 8 nitrogen and oxygen atoms in total. The lowest BCUT2D eigenvalue weighted by Crippen LogP contribution is -2.57. The molecular formula is C24H35N4O4S+. The molecule has 1 saturated carbocycles. The summed E-state index contributed by atoms with van der Waals surface area (Å²) in [5.41, 5.74) is 0.617. The fourth-order valence-electron chi connectivity index (χ4n) is 5.44. The Morgan fingerprint density at radius 3 is 2.39 bits per heavy atom. The van der Waals surface area contributed by atoms with Gasteiger partial charge in [-0.05, 0) is 69.8 Å². The van der Waals surface area contributed by atoms with Crippen LogP contribution in [0.25, 0.3) is 0 Å². The third-order valence-corrected chi connectivity index (χ3v) is 8.46. The van der Waals surface area contributed by atoms with Crippen molar-refractivity contribution in [3.05, 3.63) is 11.5 Å². The van der Waals surface area contributed by atoms with Gasteiger partial charge < -0.3 is 9.80 Å². The average molecular weight is 476 g/mol. The number of urea groups is 1. The van der Waals surface area contributed by atoms with E-state index in [2.05, 4.69) is 0 Å². The van der Waals surface area contributed by atoms with E-state index in [0.717, 1.165) is 51.6 Å². The summed E-state index contributed by atoms with van der Waals surface area (Å²) in [6.07, 6.45) is 7.29. The van der Waals surface area contributed by atoms with Gasteiger partial charge in [0.05, 0.1) is 0 Å². The van der Waals surface area contributed by atoms with E-state index in [0.29, 0.717) is 25.3 Å². The van der Waals surface area contributed by atoms with Crippen molar-refractivity contribution in [1.82, 2.24) is 14.7 Å². The van der Waals surface area contributed by atoms with Gasteiger partial charge in [-0.1, -0.05) is 0 Å². The molecule has 0 N–H and O–H groups in total. The second-order valence-corrected chi connectivity index (χ2v) is 10.4. The lowest BCUT2D eigenvalue weighted by atomic mass is 9.81. The predicted octanol–water partition coefficient (Wildman–Crippen LogP) is 2.33. The lowest BCUT2D eigenvalue weighted by Gasteiger charge is -2.32. The number of fused-ring (bicyclic) bond motifs is 1. The number of amides is 5. The largest absolute Gasteiger partial charge is 0.501 e. The van der Waals surface area contributed by atoms with Crippen LogP contribution in [0.3, 0.4) is 0 Å². The predicted molar refractivity (Wildman–Crippen MR) is 127 cm³/mol. The van der Waals surface area contributed by atoms with E-state index in [1.165, 1.54) is 21.2 Å². The highest BCUT2D eigenvalue weighted by molar-refractivity contribution is 8.04. The van der Waals surface area contributed by atoms with Crippen LogP contribution >= 0.6 is 11.8 Å². The first-order valence-corrected chi connectivity index (χ1v) is 13.3. The van der Waals surface area contributed by atoms with Crippen molar-refractivity contribution in [2.45, 2.75) is 57.6 Å². The Hall–Kier alpha value is -2.16. The number of hydrogen-bond acceptors (Lipinski definition) is 5. The molecule has 2 fully saturated rings. The van der Waals surface area contributed by atoms with Crippen molar-refractivity contribution in [3.8, 4) is 0 Å². The summed E-state index contributed by atoms with van der Waals surface area (Å²) in [6.45, 7) is 7.09. The second kappa shape index (κ2) is 10.4. The number of carbonyl (C=O) groups is 4. The molecule has 1 atom stereocenters. The molecule has 0 aromatic rings. The smallest absolute Gasteiger partial charge is 0.342 e. The van der Waals surface area contributed by atoms with Crippen LogP contribution in [0.1, 0.15) is 52.4 Å². The minimum absolute atomic E-state index is 0.0435. The summed E-state index contributed by atoms with van der Waals surface area (Å²) in [7, 11) is 0. The zero-order valence-corrected chi connectivity index (χ0v) is 20.5. The van der Waals surface area contributed by atoms with E-state index in [9.17, 15) is 19.2 Å². The zero-order chi connectivity index (χ0) is 23.5. The molecule has 3 aliphatic heterocycles. The molecule has 9 heteroatoms. The van der Waals surface area contributed by atoms with Crippen molar-refractivity contribution in [2.75, 3.05) is 39.3 Å². The van der Waals surface area contributed by atoms with E-state index in [-0.39, 0.29) is 36.1 Å². The molecule has 5 amide bonds. The Balaban J connectivity index is 1.41. The van der Waals surface area contributed by atoms with Crippen molar-refractivity contribution >= 4 is 41.2 Å². The summed E-state index contributed by atoms with van der Waals surface area (Å²) in [6, 6.07) is -0.394. The van der Waals surface area contributed by atoms with E-state index in [1.807, 2.05) is 24.2 Å². The van der Waals surface area contributed by atoms with Crippen molar-refractivity contribution in [1.29, 1.82) is 0 Å². The zero-order valence-electron chi connectivity index (χ0n) is 19.7. The number of likely N-dealkylation sites (tertiary alicyclic amines) is 1. The minimum Gasteiger partial charge on any atom is -0.342 e. The first-order chi connectivity index (χ1) is 15.9. The van der Waals surface area contributed by atoms with E-state index in [1.54, 1.807) is 11.0 Å². The molecule has 0 bridgehead atoms. The average Bonchev–Trinajstić information content (AvgIpc) is 3.53. The maximum atomic E-state index is 13.4. The molecular weight excluding hydrogens is 440 g/mol. The van der Waals surface area contributed by atoms with Gasteiger partial charge in [0.2, 0.25) is 5.91 Å². The monoisotopic (exact) mass is 475 g/mol. The van der Waals surface area contributed by atoms with Gasteiger partial charge in [-0.2, -0.15) is 14.3 Å².